The highest BCUT2D eigenvalue weighted by Crippen LogP contribution is 2.20. The number of imidazole rings is 1. The molecule has 102 valence electrons. The summed E-state index contributed by atoms with van der Waals surface area (Å²) in [6.45, 7) is 1.40. The van der Waals surface area contributed by atoms with Gasteiger partial charge >= 0.3 is 0 Å². The standard InChI is InChI=1S/C14H20N4O/c15-14-17-12-7-4-8-16-13(12)18(14)9-10-19-11-5-2-1-3-6-11/h4,7-8,11H,1-3,5-6,9-10H2,(H2,15,17). The fraction of sp³-hybridized carbons (Fsp3) is 0.571. The number of fused-ring (bicyclic) bond motifs is 1. The zero-order valence-electron chi connectivity index (χ0n) is 11.1. The van der Waals surface area contributed by atoms with Crippen LogP contribution in [0.5, 0.6) is 0 Å². The summed E-state index contributed by atoms with van der Waals surface area (Å²) < 4.78 is 7.86. The van der Waals surface area contributed by atoms with Crippen LogP contribution < -0.4 is 5.73 Å². The molecule has 0 bridgehead atoms. The molecule has 2 heterocycles. The van der Waals surface area contributed by atoms with Crippen LogP contribution in [0.3, 0.4) is 0 Å². The maximum Gasteiger partial charge on any atom is 0.202 e. The minimum absolute atomic E-state index is 0.428. The summed E-state index contributed by atoms with van der Waals surface area (Å²) in [4.78, 5) is 8.63. The smallest absolute Gasteiger partial charge is 0.202 e. The first-order valence-corrected chi connectivity index (χ1v) is 7.03. The first-order chi connectivity index (χ1) is 9.34. The number of anilines is 1. The molecule has 0 spiro atoms. The van der Waals surface area contributed by atoms with Gasteiger partial charge in [0.25, 0.3) is 0 Å². The monoisotopic (exact) mass is 260 g/mol. The fourth-order valence-electron chi connectivity index (χ4n) is 2.74. The van der Waals surface area contributed by atoms with Gasteiger partial charge in [-0.3, -0.25) is 4.57 Å². The summed E-state index contributed by atoms with van der Waals surface area (Å²) in [7, 11) is 0. The van der Waals surface area contributed by atoms with Gasteiger partial charge in [0.15, 0.2) is 5.65 Å². The predicted octanol–water partition coefficient (Wildman–Crippen LogP) is 2.36. The summed E-state index contributed by atoms with van der Waals surface area (Å²) >= 11 is 0. The molecular weight excluding hydrogens is 240 g/mol. The third-order valence-electron chi connectivity index (χ3n) is 3.75. The minimum atomic E-state index is 0.428. The maximum atomic E-state index is 5.93. The van der Waals surface area contributed by atoms with E-state index in [4.69, 9.17) is 10.5 Å². The number of nitrogens with zero attached hydrogens (tertiary/aromatic N) is 3. The van der Waals surface area contributed by atoms with Crippen molar-refractivity contribution in [1.29, 1.82) is 0 Å². The molecule has 5 nitrogen and oxygen atoms in total. The molecule has 1 saturated carbocycles. The second-order valence-electron chi connectivity index (χ2n) is 5.10. The summed E-state index contributed by atoms with van der Waals surface area (Å²) in [5, 5.41) is 0. The van der Waals surface area contributed by atoms with Gasteiger partial charge < -0.3 is 10.5 Å². The highest BCUT2D eigenvalue weighted by atomic mass is 16.5. The molecular formula is C14H20N4O. The van der Waals surface area contributed by atoms with Crippen molar-refractivity contribution < 1.29 is 4.74 Å². The Labute approximate surface area is 112 Å². The van der Waals surface area contributed by atoms with E-state index in [0.29, 0.717) is 18.7 Å². The van der Waals surface area contributed by atoms with E-state index in [-0.39, 0.29) is 0 Å². The van der Waals surface area contributed by atoms with Crippen molar-refractivity contribution >= 4 is 17.1 Å². The van der Waals surface area contributed by atoms with Crippen LogP contribution in [0, 0.1) is 0 Å². The van der Waals surface area contributed by atoms with Crippen molar-refractivity contribution in [3.05, 3.63) is 18.3 Å². The second-order valence-corrected chi connectivity index (χ2v) is 5.10. The van der Waals surface area contributed by atoms with Gasteiger partial charge in [-0.15, -0.1) is 0 Å². The Morgan fingerprint density at radius 3 is 3.00 bits per heavy atom. The van der Waals surface area contributed by atoms with E-state index in [1.807, 2.05) is 16.7 Å². The van der Waals surface area contributed by atoms with Crippen LogP contribution in [0.4, 0.5) is 5.95 Å². The average molecular weight is 260 g/mol. The van der Waals surface area contributed by atoms with E-state index in [2.05, 4.69) is 9.97 Å². The predicted molar refractivity (Wildman–Crippen MR) is 74.8 cm³/mol. The number of nitrogen functional groups attached to an aromatic ring is 1. The summed E-state index contributed by atoms with van der Waals surface area (Å²) in [6, 6.07) is 3.80. The molecule has 0 amide bonds. The van der Waals surface area contributed by atoms with Crippen LogP contribution in [0.25, 0.3) is 11.2 Å². The first-order valence-electron chi connectivity index (χ1n) is 7.03. The number of ether oxygens (including phenoxy) is 1. The van der Waals surface area contributed by atoms with E-state index < -0.39 is 0 Å². The lowest BCUT2D eigenvalue weighted by molar-refractivity contribution is 0.0246. The highest BCUT2D eigenvalue weighted by molar-refractivity contribution is 5.73. The molecule has 2 aromatic heterocycles. The van der Waals surface area contributed by atoms with Gasteiger partial charge in [0.1, 0.15) is 5.52 Å². The quantitative estimate of drug-likeness (QED) is 0.916. The number of nitrogens with two attached hydrogens (primary N) is 1. The van der Waals surface area contributed by atoms with E-state index in [9.17, 15) is 0 Å². The molecule has 0 atom stereocenters. The second kappa shape index (κ2) is 5.57. The SMILES string of the molecule is Nc1nc2cccnc2n1CCOC1CCCCC1. The number of aromatic nitrogens is 3. The molecule has 1 aliphatic rings. The van der Waals surface area contributed by atoms with Crippen molar-refractivity contribution in [2.24, 2.45) is 0 Å². The molecule has 1 aliphatic carbocycles. The van der Waals surface area contributed by atoms with Crippen LogP contribution >= 0.6 is 0 Å². The van der Waals surface area contributed by atoms with Gasteiger partial charge in [0.2, 0.25) is 5.95 Å². The molecule has 0 radical (unpaired) electrons. The molecule has 1 fully saturated rings. The normalized spacial score (nSPS) is 17.1. The molecule has 0 aromatic carbocycles. The average Bonchev–Trinajstić information content (AvgIpc) is 2.76. The van der Waals surface area contributed by atoms with Gasteiger partial charge in [0, 0.05) is 6.20 Å². The number of hydrogen-bond acceptors (Lipinski definition) is 4. The van der Waals surface area contributed by atoms with Crippen LogP contribution in [0.1, 0.15) is 32.1 Å². The molecule has 2 N–H and O–H groups in total. The van der Waals surface area contributed by atoms with Crippen molar-refractivity contribution in [2.45, 2.75) is 44.8 Å². The molecule has 3 rings (SSSR count). The zero-order chi connectivity index (χ0) is 13.1. The van der Waals surface area contributed by atoms with Crippen molar-refractivity contribution in [1.82, 2.24) is 14.5 Å². The maximum absolute atomic E-state index is 5.93. The summed E-state index contributed by atoms with van der Waals surface area (Å²) in [5.41, 5.74) is 7.61. The Bertz CT molecular complexity index is 545. The molecule has 5 heteroatoms. The third-order valence-corrected chi connectivity index (χ3v) is 3.75. The molecule has 2 aromatic rings. The van der Waals surface area contributed by atoms with Crippen molar-refractivity contribution in [2.75, 3.05) is 12.3 Å². The topological polar surface area (TPSA) is 66.0 Å². The first kappa shape index (κ1) is 12.4. The molecule has 0 saturated heterocycles. The van der Waals surface area contributed by atoms with Gasteiger partial charge in [-0.2, -0.15) is 0 Å². The fourth-order valence-corrected chi connectivity index (χ4v) is 2.74. The lowest BCUT2D eigenvalue weighted by Crippen LogP contribution is -2.19. The van der Waals surface area contributed by atoms with Crippen LogP contribution in [0.15, 0.2) is 18.3 Å². The third kappa shape index (κ3) is 2.71. The van der Waals surface area contributed by atoms with Crippen LogP contribution in [0.2, 0.25) is 0 Å². The van der Waals surface area contributed by atoms with Crippen LogP contribution in [-0.2, 0) is 11.3 Å². The minimum Gasteiger partial charge on any atom is -0.376 e. The largest absolute Gasteiger partial charge is 0.376 e. The Kier molecular flexibility index (Phi) is 3.64. The van der Waals surface area contributed by atoms with Gasteiger partial charge in [-0.25, -0.2) is 9.97 Å². The van der Waals surface area contributed by atoms with Crippen LogP contribution in [-0.4, -0.2) is 27.2 Å². The molecule has 0 aliphatic heterocycles. The Morgan fingerprint density at radius 2 is 2.16 bits per heavy atom. The number of rotatable bonds is 4. The van der Waals surface area contributed by atoms with E-state index >= 15 is 0 Å². The van der Waals surface area contributed by atoms with Gasteiger partial charge in [-0.1, -0.05) is 19.3 Å². The van der Waals surface area contributed by atoms with Gasteiger partial charge in [0.05, 0.1) is 19.3 Å². The van der Waals surface area contributed by atoms with Crippen molar-refractivity contribution in [3.63, 3.8) is 0 Å². The zero-order valence-corrected chi connectivity index (χ0v) is 11.1. The highest BCUT2D eigenvalue weighted by Gasteiger charge is 2.14. The Balaban J connectivity index is 1.63. The number of hydrogen-bond donors (Lipinski definition) is 1. The lowest BCUT2D eigenvalue weighted by Gasteiger charge is -2.22. The Morgan fingerprint density at radius 1 is 1.32 bits per heavy atom. The summed E-state index contributed by atoms with van der Waals surface area (Å²) in [6.07, 6.45) is 8.52. The Hall–Kier alpha value is -1.62. The van der Waals surface area contributed by atoms with E-state index in [1.165, 1.54) is 32.1 Å². The molecule has 19 heavy (non-hydrogen) atoms. The van der Waals surface area contributed by atoms with E-state index in [1.54, 1.807) is 6.20 Å². The summed E-state index contributed by atoms with van der Waals surface area (Å²) in [5.74, 6) is 0.515. The number of pyridine rings is 1. The molecule has 0 unspecified atom stereocenters. The van der Waals surface area contributed by atoms with E-state index in [0.717, 1.165) is 17.7 Å². The van der Waals surface area contributed by atoms with Gasteiger partial charge in [-0.05, 0) is 25.0 Å². The van der Waals surface area contributed by atoms with Crippen molar-refractivity contribution in [3.8, 4) is 0 Å². The lowest BCUT2D eigenvalue weighted by atomic mass is 9.98.